The van der Waals surface area contributed by atoms with Crippen molar-refractivity contribution in [1.29, 1.82) is 0 Å². The molecule has 0 N–H and O–H groups in total. The molecule has 1 aromatic carbocycles. The van der Waals surface area contributed by atoms with Crippen molar-refractivity contribution in [3.8, 4) is 0 Å². The third-order valence-electron chi connectivity index (χ3n) is 5.22. The Labute approximate surface area is 162 Å². The maximum Gasteiger partial charge on any atom is 0.337 e. The fraction of sp³-hybridized carbons (Fsp3) is 0.455. The van der Waals surface area contributed by atoms with Crippen LogP contribution in [0.25, 0.3) is 0 Å². The van der Waals surface area contributed by atoms with Crippen molar-refractivity contribution in [2.45, 2.75) is 33.2 Å². The number of methoxy groups -OCH3 is 1. The maximum atomic E-state index is 11.5. The van der Waals surface area contributed by atoms with E-state index in [0.29, 0.717) is 11.5 Å². The molecule has 0 aliphatic carbocycles. The number of carbonyl (C=O) groups excluding carboxylic acids is 1. The third kappa shape index (κ3) is 4.48. The van der Waals surface area contributed by atoms with Crippen molar-refractivity contribution in [1.82, 2.24) is 9.88 Å². The van der Waals surface area contributed by atoms with Crippen LogP contribution in [0.5, 0.6) is 0 Å². The number of hydrogen-bond acceptors (Lipinski definition) is 5. The molecule has 3 rings (SSSR count). The summed E-state index contributed by atoms with van der Waals surface area (Å²) in [6.45, 7) is 11.5. The van der Waals surface area contributed by atoms with Gasteiger partial charge in [0.15, 0.2) is 0 Å². The van der Waals surface area contributed by atoms with Crippen LogP contribution in [-0.2, 0) is 11.3 Å². The van der Waals surface area contributed by atoms with E-state index in [1.807, 2.05) is 30.5 Å². The quantitative estimate of drug-likeness (QED) is 0.755. The molecule has 0 saturated carbocycles. The van der Waals surface area contributed by atoms with E-state index in [4.69, 9.17) is 9.72 Å². The Kier molecular flexibility index (Phi) is 6.11. The Bertz CT molecular complexity index is 779. The van der Waals surface area contributed by atoms with Crippen molar-refractivity contribution in [3.05, 3.63) is 58.8 Å². The highest BCUT2D eigenvalue weighted by Crippen LogP contribution is 2.29. The maximum absolute atomic E-state index is 11.5. The average molecular weight is 367 g/mol. The lowest BCUT2D eigenvalue weighted by atomic mass is 9.98. The number of rotatable bonds is 5. The summed E-state index contributed by atoms with van der Waals surface area (Å²) in [5.41, 5.74) is 4.50. The Morgan fingerprint density at radius 1 is 1.11 bits per heavy atom. The number of ether oxygens (including phenoxy) is 1. The van der Waals surface area contributed by atoms with Crippen LogP contribution in [-0.4, -0.2) is 49.1 Å². The number of pyridine rings is 1. The molecule has 1 aromatic heterocycles. The van der Waals surface area contributed by atoms with Crippen molar-refractivity contribution < 1.29 is 9.53 Å². The average Bonchev–Trinajstić information content (AvgIpc) is 2.68. The number of esters is 1. The summed E-state index contributed by atoms with van der Waals surface area (Å²) in [6.07, 6.45) is 1.92. The number of nitrogens with zero attached hydrogens (tertiary/aromatic N) is 3. The molecule has 5 nitrogen and oxygen atoms in total. The normalized spacial score (nSPS) is 15.2. The van der Waals surface area contributed by atoms with Crippen molar-refractivity contribution in [3.63, 3.8) is 0 Å². The Morgan fingerprint density at radius 3 is 2.37 bits per heavy atom. The second kappa shape index (κ2) is 8.53. The lowest BCUT2D eigenvalue weighted by Crippen LogP contribution is -2.46. The largest absolute Gasteiger partial charge is 0.465 e. The molecular formula is C22H29N3O2. The van der Waals surface area contributed by atoms with Gasteiger partial charge < -0.3 is 9.64 Å². The lowest BCUT2D eigenvalue weighted by molar-refractivity contribution is 0.0600. The Morgan fingerprint density at radius 2 is 1.78 bits per heavy atom. The van der Waals surface area contributed by atoms with Gasteiger partial charge in [0.25, 0.3) is 0 Å². The minimum atomic E-state index is -0.290. The van der Waals surface area contributed by atoms with Crippen LogP contribution in [0.1, 0.15) is 46.8 Å². The predicted molar refractivity (Wildman–Crippen MR) is 108 cm³/mol. The topological polar surface area (TPSA) is 45.7 Å². The molecule has 2 aromatic rings. The molecule has 2 heterocycles. The van der Waals surface area contributed by atoms with E-state index in [0.717, 1.165) is 38.5 Å². The minimum Gasteiger partial charge on any atom is -0.465 e. The smallest absolute Gasteiger partial charge is 0.337 e. The summed E-state index contributed by atoms with van der Waals surface area (Å²) in [6, 6.07) is 9.80. The molecule has 0 radical (unpaired) electrons. The van der Waals surface area contributed by atoms with Crippen LogP contribution in [0.15, 0.2) is 36.5 Å². The lowest BCUT2D eigenvalue weighted by Gasteiger charge is -2.37. The van der Waals surface area contributed by atoms with Crippen molar-refractivity contribution >= 4 is 11.8 Å². The van der Waals surface area contributed by atoms with Crippen LogP contribution in [0.2, 0.25) is 0 Å². The SMILES string of the molecule is COC(=O)c1ccc(CN2CCN(c3nccc(C)c3C(C)C)CC2)cc1. The first-order valence-electron chi connectivity index (χ1n) is 9.59. The molecule has 0 amide bonds. The number of hydrogen-bond donors (Lipinski definition) is 0. The molecule has 1 aliphatic rings. The molecule has 1 aliphatic heterocycles. The van der Waals surface area contributed by atoms with Gasteiger partial charge in [0, 0.05) is 44.5 Å². The second-order valence-corrected chi connectivity index (χ2v) is 7.47. The highest BCUT2D eigenvalue weighted by Gasteiger charge is 2.22. The molecule has 5 heteroatoms. The van der Waals surface area contributed by atoms with Crippen LogP contribution in [0, 0.1) is 6.92 Å². The van der Waals surface area contributed by atoms with Crippen molar-refractivity contribution in [2.24, 2.45) is 0 Å². The van der Waals surface area contributed by atoms with Gasteiger partial charge in [-0.2, -0.15) is 0 Å². The zero-order valence-electron chi connectivity index (χ0n) is 16.7. The number of benzene rings is 1. The van der Waals surface area contributed by atoms with E-state index in [1.54, 1.807) is 0 Å². The van der Waals surface area contributed by atoms with Gasteiger partial charge in [0.2, 0.25) is 0 Å². The molecule has 144 valence electrons. The van der Waals surface area contributed by atoms with Gasteiger partial charge in [-0.3, -0.25) is 4.90 Å². The van der Waals surface area contributed by atoms with Gasteiger partial charge in [0.1, 0.15) is 5.82 Å². The summed E-state index contributed by atoms with van der Waals surface area (Å²) in [7, 11) is 1.41. The Hall–Kier alpha value is -2.40. The highest BCUT2D eigenvalue weighted by atomic mass is 16.5. The van der Waals surface area contributed by atoms with Crippen LogP contribution in [0.4, 0.5) is 5.82 Å². The first-order valence-corrected chi connectivity index (χ1v) is 9.59. The standard InChI is InChI=1S/C22H29N3O2/c1-16(2)20-17(3)9-10-23-21(20)25-13-11-24(12-14-25)15-18-5-7-19(8-6-18)22(26)27-4/h5-10,16H,11-15H2,1-4H3. The fourth-order valence-corrected chi connectivity index (χ4v) is 3.76. The molecule has 0 unspecified atom stereocenters. The Balaban J connectivity index is 1.61. The first-order chi connectivity index (χ1) is 13.0. The van der Waals surface area contributed by atoms with Gasteiger partial charge in [-0.1, -0.05) is 26.0 Å². The number of piperazine rings is 1. The molecule has 0 spiro atoms. The van der Waals surface area contributed by atoms with E-state index < -0.39 is 0 Å². The number of carbonyl (C=O) groups is 1. The highest BCUT2D eigenvalue weighted by molar-refractivity contribution is 5.89. The fourth-order valence-electron chi connectivity index (χ4n) is 3.76. The minimum absolute atomic E-state index is 0.290. The summed E-state index contributed by atoms with van der Waals surface area (Å²) in [4.78, 5) is 21.1. The van der Waals surface area contributed by atoms with Gasteiger partial charge in [-0.05, 0) is 42.2 Å². The molecule has 0 atom stereocenters. The van der Waals surface area contributed by atoms with Crippen molar-refractivity contribution in [2.75, 3.05) is 38.2 Å². The van der Waals surface area contributed by atoms with Crippen LogP contribution in [0.3, 0.4) is 0 Å². The predicted octanol–water partition coefficient (Wildman–Crippen LogP) is 3.62. The summed E-state index contributed by atoms with van der Waals surface area (Å²) >= 11 is 0. The van der Waals surface area contributed by atoms with Gasteiger partial charge >= 0.3 is 5.97 Å². The van der Waals surface area contributed by atoms with E-state index in [-0.39, 0.29) is 5.97 Å². The van der Waals surface area contributed by atoms with E-state index in [2.05, 4.69) is 36.6 Å². The van der Waals surface area contributed by atoms with Crippen LogP contribution < -0.4 is 4.90 Å². The van der Waals surface area contributed by atoms with Crippen LogP contribution >= 0.6 is 0 Å². The number of aromatic nitrogens is 1. The third-order valence-corrected chi connectivity index (χ3v) is 5.22. The monoisotopic (exact) mass is 367 g/mol. The van der Waals surface area contributed by atoms with Gasteiger partial charge in [0.05, 0.1) is 12.7 Å². The second-order valence-electron chi connectivity index (χ2n) is 7.47. The van der Waals surface area contributed by atoms with Gasteiger partial charge in [-0.25, -0.2) is 9.78 Å². The molecular weight excluding hydrogens is 338 g/mol. The molecule has 1 fully saturated rings. The number of anilines is 1. The zero-order valence-corrected chi connectivity index (χ0v) is 16.7. The number of aryl methyl sites for hydroxylation is 1. The summed E-state index contributed by atoms with van der Waals surface area (Å²) in [5.74, 6) is 1.33. The molecule has 1 saturated heterocycles. The van der Waals surface area contributed by atoms with E-state index in [9.17, 15) is 4.79 Å². The summed E-state index contributed by atoms with van der Waals surface area (Å²) in [5, 5.41) is 0. The van der Waals surface area contributed by atoms with E-state index in [1.165, 1.54) is 23.8 Å². The van der Waals surface area contributed by atoms with E-state index >= 15 is 0 Å². The first kappa shape index (κ1) is 19.4. The molecule has 27 heavy (non-hydrogen) atoms. The zero-order chi connectivity index (χ0) is 19.4. The molecule has 0 bridgehead atoms. The summed E-state index contributed by atoms with van der Waals surface area (Å²) < 4.78 is 4.75. The van der Waals surface area contributed by atoms with Gasteiger partial charge in [-0.15, -0.1) is 0 Å².